The summed E-state index contributed by atoms with van der Waals surface area (Å²) in [6.07, 6.45) is 0. The highest BCUT2D eigenvalue weighted by Gasteiger charge is 2.38. The Morgan fingerprint density at radius 1 is 0.248 bits per heavy atom. The molecule has 101 heavy (non-hydrogen) atoms. The van der Waals surface area contributed by atoms with Gasteiger partial charge in [0.15, 0.2) is 0 Å². The van der Waals surface area contributed by atoms with Crippen molar-refractivity contribution in [3.8, 4) is 44.5 Å². The van der Waals surface area contributed by atoms with Crippen LogP contribution in [-0.4, -0.2) is 0 Å². The summed E-state index contributed by atoms with van der Waals surface area (Å²) in [7, 11) is 0. The molecule has 2 aliphatic carbocycles. The number of hydrogen-bond donors (Lipinski definition) is 1. The van der Waals surface area contributed by atoms with Gasteiger partial charge in [0, 0.05) is 43.7 Å². The molecule has 1 N–H and O–H groups in total. The second-order valence-corrected chi connectivity index (χ2v) is 39.4. The minimum Gasteiger partial charge on any atom is -0.356 e. The maximum atomic E-state index is 3.65. The molecule has 0 aliphatic heterocycles. The fourth-order valence-electron chi connectivity index (χ4n) is 14.2. The van der Waals surface area contributed by atoms with Crippen molar-refractivity contribution in [2.24, 2.45) is 0 Å². The van der Waals surface area contributed by atoms with Crippen LogP contribution in [0.15, 0.2) is 211 Å². The monoisotopic (exact) mass is 1400 g/mol. The van der Waals surface area contributed by atoms with Gasteiger partial charge in [-0.15, -0.1) is 0 Å². The number of hydrogen-bond acceptors (Lipinski definition) is 2. The lowest BCUT2D eigenvalue weighted by atomic mass is 9.79. The molecule has 0 spiro atoms. The van der Waals surface area contributed by atoms with Crippen LogP contribution in [0.3, 0.4) is 0 Å². The van der Waals surface area contributed by atoms with E-state index >= 15 is 0 Å². The van der Waals surface area contributed by atoms with E-state index in [0.717, 1.165) is 17.1 Å². The van der Waals surface area contributed by atoms with Gasteiger partial charge in [0.25, 0.3) is 0 Å². The van der Waals surface area contributed by atoms with E-state index in [1.807, 2.05) is 0 Å². The topological polar surface area (TPSA) is 15.3 Å². The maximum absolute atomic E-state index is 3.65. The largest absolute Gasteiger partial charge is 0.356 e. The van der Waals surface area contributed by atoms with Gasteiger partial charge in [0.1, 0.15) is 0 Å². The Kier molecular flexibility index (Phi) is 20.4. The summed E-state index contributed by atoms with van der Waals surface area (Å²) in [6.45, 7) is 64.5. The molecule has 0 atom stereocenters. The lowest BCUT2D eigenvalue weighted by Crippen LogP contribution is -2.19. The van der Waals surface area contributed by atoms with Gasteiger partial charge in [-0.25, -0.2) is 0 Å². The van der Waals surface area contributed by atoms with Gasteiger partial charge in [-0.05, 0) is 227 Å². The molecule has 0 heterocycles. The molecule has 0 bridgehead atoms. The zero-order valence-electron chi connectivity index (χ0n) is 67.0. The van der Waals surface area contributed by atoms with E-state index in [0.29, 0.717) is 0 Å². The van der Waals surface area contributed by atoms with E-state index in [2.05, 4.69) is 426 Å². The number of halogens is 1. The molecule has 2 aliphatic rings. The minimum atomic E-state index is -0.0792. The first kappa shape index (κ1) is 75.9. The lowest BCUT2D eigenvalue weighted by Gasteiger charge is -2.32. The Hall–Kier alpha value is -7.72. The average molecular weight is 1400 g/mol. The van der Waals surface area contributed by atoms with Crippen molar-refractivity contribution in [1.82, 2.24) is 0 Å². The summed E-state index contributed by atoms with van der Waals surface area (Å²) in [5.74, 6) is 0. The second kappa shape index (κ2) is 27.2. The molecule has 0 saturated carbocycles. The molecule has 0 amide bonds. The predicted octanol–water partition coefficient (Wildman–Crippen LogP) is 29.4. The van der Waals surface area contributed by atoms with Crippen LogP contribution in [0.25, 0.3) is 44.5 Å². The third kappa shape index (κ3) is 16.7. The minimum absolute atomic E-state index is 0.00986. The molecule has 10 aromatic carbocycles. The Labute approximate surface area is 620 Å². The fraction of sp³-hybridized carbons (Fsp3) is 0.388. The fourth-order valence-corrected chi connectivity index (χ4v) is 14.7. The number of anilines is 5. The van der Waals surface area contributed by atoms with E-state index in [-0.39, 0.29) is 54.1 Å². The Bertz CT molecular complexity index is 4530. The highest BCUT2D eigenvalue weighted by Crippen LogP contribution is 2.53. The molecule has 0 saturated heterocycles. The lowest BCUT2D eigenvalue weighted by molar-refractivity contribution is 0.567. The average Bonchev–Trinajstić information content (AvgIpc) is 1.60. The molecule has 2 nitrogen and oxygen atoms in total. The third-order valence-electron chi connectivity index (χ3n) is 21.2. The van der Waals surface area contributed by atoms with E-state index in [1.165, 1.54) is 127 Å². The highest BCUT2D eigenvalue weighted by atomic mass is 79.9. The first-order chi connectivity index (χ1) is 46.5. The van der Waals surface area contributed by atoms with E-state index in [1.54, 1.807) is 0 Å². The van der Waals surface area contributed by atoms with E-state index < -0.39 is 0 Å². The van der Waals surface area contributed by atoms with Gasteiger partial charge in [-0.3, -0.25) is 0 Å². The van der Waals surface area contributed by atoms with Crippen LogP contribution in [0, 0.1) is 0 Å². The van der Waals surface area contributed by atoms with Crippen molar-refractivity contribution in [1.29, 1.82) is 0 Å². The maximum Gasteiger partial charge on any atom is 0.0467 e. The molecule has 10 aromatic rings. The van der Waals surface area contributed by atoms with Crippen molar-refractivity contribution >= 4 is 44.4 Å². The molecule has 12 rings (SSSR count). The van der Waals surface area contributed by atoms with Crippen LogP contribution < -0.4 is 10.2 Å². The molecular weight excluding hydrogens is 1280 g/mol. The van der Waals surface area contributed by atoms with Crippen LogP contribution in [0.5, 0.6) is 0 Å². The standard InChI is InChI=1S/C49H59N.C35H39N.C14H21Br/c1-45(2,3)34-25-33(26-35(27-34)46(4,5)6)32-19-21-38(22-20-32)50(40-29-36(47(7,8)9)28-37(30-40)48(10,11)12)39-23-24-42-41-17-15-16-18-43(41)49(13,14)44(42)31-39;1-33(2,3)25-19-24(20-26(21-25)34(4,5)6)23-13-15-27(16-14-23)36-28-17-18-30-29-11-9-10-12-31(29)35(7,8)32(30)22-28;1-13(2,3)10-7-11(14(4,5)6)9-12(15)8-10/h15-31H,1-14H3;9-22,36H,1-8H3;7-9H,1-6H3. The smallest absolute Gasteiger partial charge is 0.0467 e. The third-order valence-corrected chi connectivity index (χ3v) is 21.7. The van der Waals surface area contributed by atoms with Crippen LogP contribution in [0.1, 0.15) is 261 Å². The van der Waals surface area contributed by atoms with Crippen molar-refractivity contribution in [3.63, 3.8) is 0 Å². The van der Waals surface area contributed by atoms with Gasteiger partial charge in [0.2, 0.25) is 0 Å². The van der Waals surface area contributed by atoms with Crippen molar-refractivity contribution in [2.45, 2.75) is 248 Å². The molecule has 0 fully saturated rings. The summed E-state index contributed by atoms with van der Waals surface area (Å²) < 4.78 is 1.18. The van der Waals surface area contributed by atoms with Crippen LogP contribution >= 0.6 is 15.9 Å². The Morgan fingerprint density at radius 3 is 0.901 bits per heavy atom. The number of rotatable bonds is 7. The van der Waals surface area contributed by atoms with Gasteiger partial charge in [0.05, 0.1) is 0 Å². The molecule has 0 aromatic heterocycles. The van der Waals surface area contributed by atoms with E-state index in [9.17, 15) is 0 Å². The quantitative estimate of drug-likeness (QED) is 0.171. The van der Waals surface area contributed by atoms with Crippen molar-refractivity contribution in [3.05, 3.63) is 277 Å². The second-order valence-electron chi connectivity index (χ2n) is 38.5. The molecule has 0 radical (unpaired) electrons. The highest BCUT2D eigenvalue weighted by molar-refractivity contribution is 9.10. The molecule has 528 valence electrons. The van der Waals surface area contributed by atoms with E-state index in [4.69, 9.17) is 0 Å². The predicted molar refractivity (Wildman–Crippen MR) is 447 cm³/mol. The number of fused-ring (bicyclic) bond motifs is 6. The van der Waals surface area contributed by atoms with Gasteiger partial charge in [-0.1, -0.05) is 343 Å². The summed E-state index contributed by atoms with van der Waals surface area (Å²) in [6, 6.07) is 78.1. The van der Waals surface area contributed by atoms with Gasteiger partial charge < -0.3 is 10.2 Å². The Morgan fingerprint density at radius 2 is 0.535 bits per heavy atom. The summed E-state index contributed by atoms with van der Waals surface area (Å²) in [5, 5.41) is 3.65. The molecule has 3 heteroatoms. The van der Waals surface area contributed by atoms with Gasteiger partial charge >= 0.3 is 0 Å². The number of nitrogens with one attached hydrogen (secondary N) is 1. The number of benzene rings is 10. The summed E-state index contributed by atoms with van der Waals surface area (Å²) in [4.78, 5) is 2.49. The summed E-state index contributed by atoms with van der Waals surface area (Å²) >= 11 is 3.60. The zero-order chi connectivity index (χ0) is 74.3. The molecule has 0 unspecified atom stereocenters. The molecular formula is C98H119BrN2. The first-order valence-electron chi connectivity index (χ1n) is 37.1. The normalized spacial score (nSPS) is 14.1. The van der Waals surface area contributed by atoms with Crippen LogP contribution in [0.4, 0.5) is 28.4 Å². The van der Waals surface area contributed by atoms with Gasteiger partial charge in [-0.2, -0.15) is 0 Å². The number of nitrogens with zero attached hydrogens (tertiary/aromatic N) is 1. The Balaban J connectivity index is 0.000000187. The van der Waals surface area contributed by atoms with Crippen LogP contribution in [0.2, 0.25) is 0 Å². The van der Waals surface area contributed by atoms with Crippen molar-refractivity contribution < 1.29 is 0 Å². The van der Waals surface area contributed by atoms with Crippen molar-refractivity contribution in [2.75, 3.05) is 10.2 Å². The first-order valence-corrected chi connectivity index (χ1v) is 37.9. The summed E-state index contributed by atoms with van der Waals surface area (Å²) in [5.41, 5.74) is 33.6. The zero-order valence-corrected chi connectivity index (χ0v) is 68.5. The SMILES string of the molecule is CC(C)(C)c1cc(-c2ccc(N(c3cc(C(C)(C)C)cc(C(C)(C)C)c3)c3ccc4c(c3)C(C)(C)c3ccccc3-4)cc2)cc(C(C)(C)C)c1.CC(C)(C)c1cc(-c2ccc(Nc3ccc4c(c3)C(C)(C)c3ccccc3-4)cc2)cc(C(C)(C)C)c1.CC(C)(C)c1cc(Br)cc(C(C)(C)C)c1. The van der Waals surface area contributed by atoms with Crippen LogP contribution in [-0.2, 0) is 54.1 Å².